The van der Waals surface area contributed by atoms with Crippen molar-refractivity contribution in [1.29, 1.82) is 0 Å². The highest BCUT2D eigenvalue weighted by Gasteiger charge is 2.20. The molecule has 4 rings (SSSR count). The van der Waals surface area contributed by atoms with E-state index in [0.717, 1.165) is 5.56 Å². The number of nitrogens with one attached hydrogen (secondary N) is 4. The van der Waals surface area contributed by atoms with Crippen LogP contribution in [-0.4, -0.2) is 38.0 Å². The van der Waals surface area contributed by atoms with Gasteiger partial charge >= 0.3 is 0 Å². The second kappa shape index (κ2) is 9.56. The lowest BCUT2D eigenvalue weighted by molar-refractivity contribution is 0.0919. The molecule has 4 aromatic rings. The summed E-state index contributed by atoms with van der Waals surface area (Å²) in [5.41, 5.74) is 3.40. The first kappa shape index (κ1) is 24.5. The quantitative estimate of drug-likeness (QED) is 0.269. The minimum absolute atomic E-state index is 0.160. The highest BCUT2D eigenvalue weighted by Crippen LogP contribution is 2.27. The Labute approximate surface area is 207 Å². The van der Waals surface area contributed by atoms with Gasteiger partial charge in [0.25, 0.3) is 11.5 Å². The second-order valence-corrected chi connectivity index (χ2v) is 9.96. The van der Waals surface area contributed by atoms with Crippen molar-refractivity contribution in [3.05, 3.63) is 80.7 Å². The van der Waals surface area contributed by atoms with Crippen LogP contribution in [-0.2, 0) is 0 Å². The maximum Gasteiger partial charge on any atom is 0.261 e. The summed E-state index contributed by atoms with van der Waals surface area (Å²) in [4.78, 5) is 36.0. The van der Waals surface area contributed by atoms with Crippen molar-refractivity contribution in [2.45, 2.75) is 39.3 Å². The SMILES string of the molecule is Cc1cc(C(=O)NC(C)(C)C)cc2[nH]c(-c3c(NCC(O)c4cccc(Cl)c4)cc[nH]c3=O)nc12. The molecule has 1 amide bonds. The van der Waals surface area contributed by atoms with Gasteiger partial charge in [-0.25, -0.2) is 4.98 Å². The number of aromatic amines is 2. The first-order valence-electron chi connectivity index (χ1n) is 11.2. The molecule has 2 heterocycles. The smallest absolute Gasteiger partial charge is 0.261 e. The number of carbonyl (C=O) groups excluding carboxylic acids is 1. The van der Waals surface area contributed by atoms with Gasteiger partial charge in [-0.3, -0.25) is 9.59 Å². The van der Waals surface area contributed by atoms with Crippen LogP contribution in [0, 0.1) is 6.92 Å². The summed E-state index contributed by atoms with van der Waals surface area (Å²) >= 11 is 6.03. The Morgan fingerprint density at radius 3 is 2.69 bits per heavy atom. The summed E-state index contributed by atoms with van der Waals surface area (Å²) in [5, 5.41) is 17.2. The van der Waals surface area contributed by atoms with Crippen molar-refractivity contribution < 1.29 is 9.90 Å². The fraction of sp³-hybridized carbons (Fsp3) is 0.269. The van der Waals surface area contributed by atoms with Gasteiger partial charge in [-0.15, -0.1) is 0 Å². The Morgan fingerprint density at radius 2 is 1.97 bits per heavy atom. The summed E-state index contributed by atoms with van der Waals surface area (Å²) in [6, 6.07) is 12.2. The zero-order valence-electron chi connectivity index (χ0n) is 20.0. The molecule has 0 aliphatic carbocycles. The number of nitrogens with zero attached hydrogens (tertiary/aromatic N) is 1. The summed E-state index contributed by atoms with van der Waals surface area (Å²) in [6.45, 7) is 7.79. The number of hydrogen-bond acceptors (Lipinski definition) is 5. The maximum atomic E-state index is 12.8. The molecule has 0 fully saturated rings. The van der Waals surface area contributed by atoms with E-state index in [-0.39, 0.29) is 23.6 Å². The number of imidazole rings is 1. The number of halogens is 1. The van der Waals surface area contributed by atoms with Gasteiger partial charge in [0.05, 0.1) is 22.8 Å². The Hall–Kier alpha value is -3.62. The van der Waals surface area contributed by atoms with Gasteiger partial charge in [0.15, 0.2) is 0 Å². The Bertz CT molecular complexity index is 1450. The molecule has 2 aromatic heterocycles. The van der Waals surface area contributed by atoms with Crippen LogP contribution in [0.4, 0.5) is 5.69 Å². The molecule has 8 nitrogen and oxygen atoms in total. The number of aryl methyl sites for hydroxylation is 1. The average Bonchev–Trinajstić information content (AvgIpc) is 3.20. The minimum atomic E-state index is -0.831. The van der Waals surface area contributed by atoms with Crippen molar-refractivity contribution in [1.82, 2.24) is 20.3 Å². The van der Waals surface area contributed by atoms with Crippen LogP contribution < -0.4 is 16.2 Å². The number of fused-ring (bicyclic) bond motifs is 1. The van der Waals surface area contributed by atoms with E-state index in [2.05, 4.69) is 25.6 Å². The van der Waals surface area contributed by atoms with E-state index in [1.165, 1.54) is 6.20 Å². The molecule has 5 N–H and O–H groups in total. The maximum absolute atomic E-state index is 12.8. The number of aromatic nitrogens is 3. The van der Waals surface area contributed by atoms with E-state index in [4.69, 9.17) is 11.6 Å². The number of aliphatic hydroxyl groups is 1. The molecule has 0 spiro atoms. The second-order valence-electron chi connectivity index (χ2n) is 9.53. The van der Waals surface area contributed by atoms with Crippen molar-refractivity contribution in [3.8, 4) is 11.4 Å². The van der Waals surface area contributed by atoms with E-state index in [1.807, 2.05) is 27.7 Å². The third kappa shape index (κ3) is 5.55. The molecule has 35 heavy (non-hydrogen) atoms. The molecular formula is C26H28ClN5O3. The predicted octanol–water partition coefficient (Wildman–Crippen LogP) is 4.55. The Kier molecular flexibility index (Phi) is 6.69. The zero-order valence-corrected chi connectivity index (χ0v) is 20.7. The lowest BCUT2D eigenvalue weighted by Gasteiger charge is -2.20. The molecule has 0 bridgehead atoms. The van der Waals surface area contributed by atoms with Gasteiger partial charge < -0.3 is 25.7 Å². The molecular weight excluding hydrogens is 466 g/mol. The van der Waals surface area contributed by atoms with E-state index in [0.29, 0.717) is 44.3 Å². The lowest BCUT2D eigenvalue weighted by atomic mass is 10.1. The van der Waals surface area contributed by atoms with E-state index < -0.39 is 6.10 Å². The normalized spacial score (nSPS) is 12.5. The van der Waals surface area contributed by atoms with Gasteiger partial charge in [0.2, 0.25) is 0 Å². The molecule has 0 saturated carbocycles. The molecule has 9 heteroatoms. The number of anilines is 1. The molecule has 1 unspecified atom stereocenters. The number of pyridine rings is 1. The van der Waals surface area contributed by atoms with E-state index in [9.17, 15) is 14.7 Å². The minimum Gasteiger partial charge on any atom is -0.387 e. The third-order valence-corrected chi connectivity index (χ3v) is 5.68. The third-order valence-electron chi connectivity index (χ3n) is 5.44. The van der Waals surface area contributed by atoms with Crippen LogP contribution in [0.5, 0.6) is 0 Å². The van der Waals surface area contributed by atoms with Gasteiger partial charge in [-0.1, -0.05) is 23.7 Å². The van der Waals surface area contributed by atoms with Gasteiger partial charge in [-0.2, -0.15) is 0 Å². The van der Waals surface area contributed by atoms with Crippen LogP contribution >= 0.6 is 11.6 Å². The number of aliphatic hydroxyl groups excluding tert-OH is 1. The number of benzene rings is 2. The molecule has 2 aromatic carbocycles. The Balaban J connectivity index is 1.66. The summed E-state index contributed by atoms with van der Waals surface area (Å²) < 4.78 is 0. The van der Waals surface area contributed by atoms with Gasteiger partial charge in [0, 0.05) is 28.9 Å². The largest absolute Gasteiger partial charge is 0.387 e. The summed E-state index contributed by atoms with van der Waals surface area (Å²) in [7, 11) is 0. The van der Waals surface area contributed by atoms with Crippen molar-refractivity contribution in [2.24, 2.45) is 0 Å². The van der Waals surface area contributed by atoms with Crippen LogP contribution in [0.1, 0.15) is 48.4 Å². The average molecular weight is 494 g/mol. The van der Waals surface area contributed by atoms with Gasteiger partial charge in [-0.05, 0) is 69.2 Å². The number of amides is 1. The van der Waals surface area contributed by atoms with Crippen LogP contribution in [0.2, 0.25) is 5.02 Å². The van der Waals surface area contributed by atoms with Crippen LogP contribution in [0.3, 0.4) is 0 Å². The molecule has 0 saturated heterocycles. The topological polar surface area (TPSA) is 123 Å². The van der Waals surface area contributed by atoms with Crippen LogP contribution in [0.15, 0.2) is 53.5 Å². The van der Waals surface area contributed by atoms with Crippen molar-refractivity contribution in [3.63, 3.8) is 0 Å². The Morgan fingerprint density at radius 1 is 1.20 bits per heavy atom. The lowest BCUT2D eigenvalue weighted by Crippen LogP contribution is -2.40. The molecule has 1 atom stereocenters. The number of H-pyrrole nitrogens is 2. The number of rotatable bonds is 6. The van der Waals surface area contributed by atoms with Gasteiger partial charge in [0.1, 0.15) is 11.4 Å². The van der Waals surface area contributed by atoms with E-state index >= 15 is 0 Å². The highest BCUT2D eigenvalue weighted by atomic mass is 35.5. The molecule has 182 valence electrons. The first-order valence-corrected chi connectivity index (χ1v) is 11.6. The predicted molar refractivity (Wildman–Crippen MR) is 139 cm³/mol. The van der Waals surface area contributed by atoms with Crippen LogP contribution in [0.25, 0.3) is 22.4 Å². The van der Waals surface area contributed by atoms with E-state index in [1.54, 1.807) is 42.5 Å². The standard InChI is InChI=1S/C26H28ClN5O3/c1-14-10-16(24(34)32-26(2,3)4)12-19-22(14)31-23(30-19)21-18(8-9-28-25(21)35)29-13-20(33)15-6-5-7-17(27)11-15/h5-12,20,33H,13H2,1-4H3,(H,30,31)(H,32,34)(H2,28,29,35). The number of carbonyl (C=O) groups is 1. The van der Waals surface area contributed by atoms with Crippen molar-refractivity contribution in [2.75, 3.05) is 11.9 Å². The monoisotopic (exact) mass is 493 g/mol. The molecule has 0 aliphatic heterocycles. The fourth-order valence-electron chi connectivity index (χ4n) is 3.85. The summed E-state index contributed by atoms with van der Waals surface area (Å²) in [6.07, 6.45) is 0.700. The molecule has 0 aliphatic rings. The highest BCUT2D eigenvalue weighted by molar-refractivity contribution is 6.30. The molecule has 0 radical (unpaired) electrons. The fourth-order valence-corrected chi connectivity index (χ4v) is 4.05. The van der Waals surface area contributed by atoms with Crippen molar-refractivity contribution >= 4 is 34.2 Å². The summed E-state index contributed by atoms with van der Waals surface area (Å²) in [5.74, 6) is 0.173. The number of hydrogen-bond donors (Lipinski definition) is 5. The zero-order chi connectivity index (χ0) is 25.3. The first-order chi connectivity index (χ1) is 16.5.